The third kappa shape index (κ3) is 10.1. The molecule has 0 aliphatic carbocycles. The number of ether oxygens (including phenoxy) is 2. The molecule has 0 saturated heterocycles. The topological polar surface area (TPSA) is 76.7 Å². The molecule has 2 rings (SSSR count). The van der Waals surface area contributed by atoms with Gasteiger partial charge in [0.2, 0.25) is 5.91 Å². The summed E-state index contributed by atoms with van der Waals surface area (Å²) < 4.78 is 10.9. The number of thiocarbonyl (C=S) groups is 1. The Balaban J connectivity index is 1.64. The summed E-state index contributed by atoms with van der Waals surface area (Å²) in [5.41, 5.74) is 1.89. The van der Waals surface area contributed by atoms with E-state index in [1.54, 1.807) is 0 Å². The summed E-state index contributed by atoms with van der Waals surface area (Å²) in [6.45, 7) is 3.05. The lowest BCUT2D eigenvalue weighted by Gasteiger charge is -2.14. The SMILES string of the molecule is CCCCOc1ccccc1NC(=S)NC(=O)CCC(=O)OCCCc1ccccc1. The smallest absolute Gasteiger partial charge is 0.306 e. The molecule has 0 spiro atoms. The van der Waals surface area contributed by atoms with Gasteiger partial charge in [-0.05, 0) is 49.2 Å². The number of hydrogen-bond acceptors (Lipinski definition) is 5. The number of aryl methyl sites for hydroxylation is 1. The van der Waals surface area contributed by atoms with Gasteiger partial charge in [-0.3, -0.25) is 9.59 Å². The van der Waals surface area contributed by atoms with E-state index in [0.29, 0.717) is 24.7 Å². The minimum Gasteiger partial charge on any atom is -0.491 e. The lowest BCUT2D eigenvalue weighted by atomic mass is 10.1. The summed E-state index contributed by atoms with van der Waals surface area (Å²) in [4.78, 5) is 23.9. The van der Waals surface area contributed by atoms with Crippen LogP contribution in [0.3, 0.4) is 0 Å². The van der Waals surface area contributed by atoms with Crippen LogP contribution in [-0.2, 0) is 20.7 Å². The van der Waals surface area contributed by atoms with E-state index in [1.807, 2.05) is 54.6 Å². The quantitative estimate of drug-likeness (QED) is 0.283. The summed E-state index contributed by atoms with van der Waals surface area (Å²) in [5, 5.41) is 5.72. The van der Waals surface area contributed by atoms with Crippen molar-refractivity contribution in [3.05, 3.63) is 60.2 Å². The van der Waals surface area contributed by atoms with Gasteiger partial charge in [-0.15, -0.1) is 0 Å². The number of carbonyl (C=O) groups excluding carboxylic acids is 2. The second-order valence-corrected chi connectivity index (χ2v) is 7.42. The maximum absolute atomic E-state index is 12.1. The number of benzene rings is 2. The maximum atomic E-state index is 12.1. The standard InChI is InChI=1S/C24H30N2O4S/c1-2-3-17-29-21-14-8-7-13-20(21)25-24(31)26-22(27)15-16-23(28)30-18-9-12-19-10-5-4-6-11-19/h4-8,10-11,13-14H,2-3,9,12,15-18H2,1H3,(H2,25,26,27,31). The van der Waals surface area contributed by atoms with Crippen molar-refractivity contribution in [3.63, 3.8) is 0 Å². The van der Waals surface area contributed by atoms with Crippen LogP contribution in [-0.4, -0.2) is 30.2 Å². The van der Waals surface area contributed by atoms with Gasteiger partial charge in [0.1, 0.15) is 5.75 Å². The van der Waals surface area contributed by atoms with Crippen LogP contribution in [0.25, 0.3) is 0 Å². The van der Waals surface area contributed by atoms with Crippen LogP contribution in [0.2, 0.25) is 0 Å². The Hall–Kier alpha value is -2.93. The third-order valence-electron chi connectivity index (χ3n) is 4.42. The fourth-order valence-corrected chi connectivity index (χ4v) is 2.98. The maximum Gasteiger partial charge on any atom is 0.306 e. The van der Waals surface area contributed by atoms with Crippen molar-refractivity contribution < 1.29 is 19.1 Å². The summed E-state index contributed by atoms with van der Waals surface area (Å²) in [7, 11) is 0. The Bertz CT molecular complexity index is 842. The highest BCUT2D eigenvalue weighted by atomic mass is 32.1. The second-order valence-electron chi connectivity index (χ2n) is 7.01. The predicted molar refractivity (Wildman–Crippen MR) is 126 cm³/mol. The van der Waals surface area contributed by atoms with Crippen LogP contribution in [0.15, 0.2) is 54.6 Å². The Morgan fingerprint density at radius 3 is 2.45 bits per heavy atom. The van der Waals surface area contributed by atoms with Gasteiger partial charge in [0.25, 0.3) is 0 Å². The van der Waals surface area contributed by atoms with Crippen molar-refractivity contribution in [2.45, 2.75) is 45.4 Å². The van der Waals surface area contributed by atoms with Crippen molar-refractivity contribution in [3.8, 4) is 5.75 Å². The summed E-state index contributed by atoms with van der Waals surface area (Å²) in [6, 6.07) is 17.4. The molecule has 0 aliphatic heterocycles. The van der Waals surface area contributed by atoms with Crippen LogP contribution >= 0.6 is 12.2 Å². The predicted octanol–water partition coefficient (Wildman–Crippen LogP) is 4.63. The minimum absolute atomic E-state index is 0.00792. The Labute approximate surface area is 189 Å². The first-order valence-electron chi connectivity index (χ1n) is 10.6. The molecular formula is C24H30N2O4S. The number of rotatable bonds is 12. The highest BCUT2D eigenvalue weighted by Gasteiger charge is 2.11. The first-order chi connectivity index (χ1) is 15.1. The van der Waals surface area contributed by atoms with Gasteiger partial charge in [-0.25, -0.2) is 0 Å². The van der Waals surface area contributed by atoms with Crippen molar-refractivity contribution in [1.29, 1.82) is 0 Å². The summed E-state index contributed by atoms with van der Waals surface area (Å²) >= 11 is 5.20. The molecule has 2 N–H and O–H groups in total. The van der Waals surface area contributed by atoms with Crippen molar-refractivity contribution in [2.75, 3.05) is 18.5 Å². The van der Waals surface area contributed by atoms with Gasteiger partial charge >= 0.3 is 5.97 Å². The molecule has 0 saturated carbocycles. The monoisotopic (exact) mass is 442 g/mol. The van der Waals surface area contributed by atoms with Gasteiger partial charge in [0.05, 0.1) is 25.3 Å². The normalized spacial score (nSPS) is 10.2. The van der Waals surface area contributed by atoms with Crippen molar-refractivity contribution in [2.24, 2.45) is 0 Å². The molecular weight excluding hydrogens is 412 g/mol. The van der Waals surface area contributed by atoms with Crippen LogP contribution in [0.1, 0.15) is 44.6 Å². The zero-order valence-electron chi connectivity index (χ0n) is 17.9. The molecule has 1 amide bonds. The zero-order chi connectivity index (χ0) is 22.3. The molecule has 0 heterocycles. The third-order valence-corrected chi connectivity index (χ3v) is 4.62. The van der Waals surface area contributed by atoms with E-state index in [0.717, 1.165) is 25.7 Å². The van der Waals surface area contributed by atoms with Crippen LogP contribution < -0.4 is 15.4 Å². The van der Waals surface area contributed by atoms with E-state index in [-0.39, 0.29) is 23.9 Å². The zero-order valence-corrected chi connectivity index (χ0v) is 18.7. The number of carbonyl (C=O) groups is 2. The molecule has 0 aromatic heterocycles. The Morgan fingerprint density at radius 2 is 1.68 bits per heavy atom. The number of anilines is 1. The summed E-state index contributed by atoms with van der Waals surface area (Å²) in [5.74, 6) is -0.0634. The van der Waals surface area contributed by atoms with Gasteiger partial charge in [0.15, 0.2) is 5.11 Å². The molecule has 0 radical (unpaired) electrons. The van der Waals surface area contributed by atoms with E-state index < -0.39 is 5.97 Å². The van der Waals surface area contributed by atoms with Gasteiger partial charge < -0.3 is 20.1 Å². The highest BCUT2D eigenvalue weighted by Crippen LogP contribution is 2.23. The molecule has 0 bridgehead atoms. The molecule has 2 aromatic rings. The minimum atomic E-state index is -0.392. The number of hydrogen-bond donors (Lipinski definition) is 2. The number of nitrogens with one attached hydrogen (secondary N) is 2. The van der Waals surface area contributed by atoms with E-state index >= 15 is 0 Å². The molecule has 0 atom stereocenters. The molecule has 0 unspecified atom stereocenters. The van der Waals surface area contributed by atoms with Crippen molar-refractivity contribution >= 4 is 34.9 Å². The Kier molecular flexibility index (Phi) is 11.1. The molecule has 6 nitrogen and oxygen atoms in total. The molecule has 2 aromatic carbocycles. The van der Waals surface area contributed by atoms with Crippen LogP contribution in [0, 0.1) is 0 Å². The van der Waals surface area contributed by atoms with E-state index in [9.17, 15) is 9.59 Å². The average molecular weight is 443 g/mol. The van der Waals surface area contributed by atoms with Crippen molar-refractivity contribution in [1.82, 2.24) is 5.32 Å². The second kappa shape index (κ2) is 14.1. The number of esters is 1. The molecule has 166 valence electrons. The largest absolute Gasteiger partial charge is 0.491 e. The van der Waals surface area contributed by atoms with Crippen LogP contribution in [0.4, 0.5) is 5.69 Å². The lowest BCUT2D eigenvalue weighted by Crippen LogP contribution is -2.34. The molecule has 31 heavy (non-hydrogen) atoms. The first-order valence-corrected chi connectivity index (χ1v) is 11.0. The fraction of sp³-hybridized carbons (Fsp3) is 0.375. The average Bonchev–Trinajstić information content (AvgIpc) is 2.77. The number of amides is 1. The van der Waals surface area contributed by atoms with Gasteiger partial charge in [0, 0.05) is 6.42 Å². The van der Waals surface area contributed by atoms with E-state index in [2.05, 4.69) is 17.6 Å². The fourth-order valence-electron chi connectivity index (χ4n) is 2.76. The molecule has 7 heteroatoms. The first kappa shape index (κ1) is 24.3. The Morgan fingerprint density at radius 1 is 0.935 bits per heavy atom. The number of unbranched alkanes of at least 4 members (excludes halogenated alkanes) is 1. The van der Waals surface area contributed by atoms with Crippen LogP contribution in [0.5, 0.6) is 5.75 Å². The van der Waals surface area contributed by atoms with Gasteiger partial charge in [-0.1, -0.05) is 55.8 Å². The highest BCUT2D eigenvalue weighted by molar-refractivity contribution is 7.80. The molecule has 0 aliphatic rings. The lowest BCUT2D eigenvalue weighted by molar-refractivity contribution is -0.145. The van der Waals surface area contributed by atoms with E-state index in [1.165, 1.54) is 5.56 Å². The number of para-hydroxylation sites is 2. The van der Waals surface area contributed by atoms with Gasteiger partial charge in [-0.2, -0.15) is 0 Å². The van der Waals surface area contributed by atoms with E-state index in [4.69, 9.17) is 21.7 Å². The summed E-state index contributed by atoms with van der Waals surface area (Å²) in [6.07, 6.45) is 3.61. The molecule has 0 fully saturated rings.